The smallest absolute Gasteiger partial charge is 0.211 e. The van der Waals surface area contributed by atoms with Crippen LogP contribution in [0.1, 0.15) is 13.8 Å². The second-order valence-electron chi connectivity index (χ2n) is 3.06. The molecule has 0 aliphatic rings. The molecule has 0 saturated heterocycles. The summed E-state index contributed by atoms with van der Waals surface area (Å²) in [5, 5.41) is 0. The average Bonchev–Trinajstić information content (AvgIpc) is 1.84. The van der Waals surface area contributed by atoms with Crippen molar-refractivity contribution in [3.05, 3.63) is 0 Å². The summed E-state index contributed by atoms with van der Waals surface area (Å²) >= 11 is 0. The molecule has 0 bridgehead atoms. The average molecular weight is 195 g/mol. The molecule has 74 valence electrons. The van der Waals surface area contributed by atoms with Gasteiger partial charge in [0.05, 0.1) is 12.4 Å². The molecule has 0 unspecified atom stereocenters. The normalized spacial score (nSPS) is 12.3. The second-order valence-corrected chi connectivity index (χ2v) is 4.91. The number of hydrogen-bond donors (Lipinski definition) is 1. The molecule has 0 aliphatic carbocycles. The zero-order chi connectivity index (χ0) is 9.61. The third-order valence-corrected chi connectivity index (χ3v) is 2.93. The first kappa shape index (κ1) is 11.9. The van der Waals surface area contributed by atoms with Crippen LogP contribution in [0.2, 0.25) is 0 Å². The first-order valence-electron chi connectivity index (χ1n) is 3.94. The molecule has 0 aromatic heterocycles. The highest BCUT2D eigenvalue weighted by atomic mass is 32.2. The molecule has 0 spiro atoms. The Balaban J connectivity index is 3.73. The van der Waals surface area contributed by atoms with E-state index in [2.05, 4.69) is 4.72 Å². The van der Waals surface area contributed by atoms with Crippen molar-refractivity contribution < 1.29 is 13.2 Å². The Morgan fingerprint density at radius 2 is 2.00 bits per heavy atom. The molecular formula is C7H17NO3S. The summed E-state index contributed by atoms with van der Waals surface area (Å²) in [4.78, 5) is 0. The Labute approximate surface area is 74.4 Å². The van der Waals surface area contributed by atoms with Crippen LogP contribution < -0.4 is 4.72 Å². The molecule has 0 aromatic carbocycles. The third-order valence-electron chi connectivity index (χ3n) is 1.18. The third kappa shape index (κ3) is 6.57. The Bertz CT molecular complexity index is 199. The largest absolute Gasteiger partial charge is 0.383 e. The second kappa shape index (κ2) is 5.50. The lowest BCUT2D eigenvalue weighted by atomic mass is 10.3. The molecule has 1 N–H and O–H groups in total. The fraction of sp³-hybridized carbons (Fsp3) is 1.00. The maximum absolute atomic E-state index is 11.1. The van der Waals surface area contributed by atoms with Crippen molar-refractivity contribution in [2.45, 2.75) is 13.8 Å². The van der Waals surface area contributed by atoms with E-state index in [0.29, 0.717) is 13.2 Å². The molecule has 0 amide bonds. The van der Waals surface area contributed by atoms with Crippen molar-refractivity contribution in [3.8, 4) is 0 Å². The highest BCUT2D eigenvalue weighted by Crippen LogP contribution is 1.96. The van der Waals surface area contributed by atoms with Crippen LogP contribution >= 0.6 is 0 Å². The monoisotopic (exact) mass is 195 g/mol. The van der Waals surface area contributed by atoms with Crippen molar-refractivity contribution in [2.75, 3.05) is 26.0 Å². The minimum Gasteiger partial charge on any atom is -0.383 e. The Morgan fingerprint density at radius 1 is 1.42 bits per heavy atom. The predicted octanol–water partition coefficient (Wildman–Crippen LogP) is 0.208. The molecule has 0 fully saturated rings. The molecule has 12 heavy (non-hydrogen) atoms. The number of rotatable bonds is 6. The lowest BCUT2D eigenvalue weighted by molar-refractivity contribution is 0.204. The predicted molar refractivity (Wildman–Crippen MR) is 48.5 cm³/mol. The van der Waals surface area contributed by atoms with E-state index in [1.807, 2.05) is 13.8 Å². The highest BCUT2D eigenvalue weighted by molar-refractivity contribution is 7.89. The first-order chi connectivity index (χ1) is 5.48. The number of nitrogens with one attached hydrogen (secondary N) is 1. The van der Waals surface area contributed by atoms with E-state index < -0.39 is 10.0 Å². The van der Waals surface area contributed by atoms with Gasteiger partial charge in [-0.1, -0.05) is 13.8 Å². The van der Waals surface area contributed by atoms with E-state index in [1.165, 1.54) is 7.11 Å². The van der Waals surface area contributed by atoms with Crippen LogP contribution in [0.5, 0.6) is 0 Å². The molecule has 0 aromatic rings. The lowest BCUT2D eigenvalue weighted by Gasteiger charge is -2.07. The summed E-state index contributed by atoms with van der Waals surface area (Å²) in [6.45, 7) is 4.51. The van der Waals surface area contributed by atoms with Crippen LogP contribution in [0, 0.1) is 5.92 Å². The zero-order valence-corrected chi connectivity index (χ0v) is 8.65. The van der Waals surface area contributed by atoms with Gasteiger partial charge in [-0.05, 0) is 5.92 Å². The zero-order valence-electron chi connectivity index (χ0n) is 7.83. The van der Waals surface area contributed by atoms with Gasteiger partial charge in [-0.15, -0.1) is 0 Å². The van der Waals surface area contributed by atoms with Crippen LogP contribution in [0.15, 0.2) is 0 Å². The van der Waals surface area contributed by atoms with Gasteiger partial charge in [0.15, 0.2) is 0 Å². The molecule has 0 saturated carbocycles. The minimum atomic E-state index is -3.08. The molecule has 0 rings (SSSR count). The maximum atomic E-state index is 11.1. The Kier molecular flexibility index (Phi) is 5.44. The number of sulfonamides is 1. The van der Waals surface area contributed by atoms with Gasteiger partial charge in [0.2, 0.25) is 10.0 Å². The number of methoxy groups -OCH3 is 1. The van der Waals surface area contributed by atoms with Crippen LogP contribution in [0.3, 0.4) is 0 Å². The fourth-order valence-corrected chi connectivity index (χ4v) is 2.19. The van der Waals surface area contributed by atoms with Gasteiger partial charge in [-0.25, -0.2) is 13.1 Å². The van der Waals surface area contributed by atoms with E-state index in [4.69, 9.17) is 4.74 Å². The standard InChI is InChI=1S/C7H17NO3S/c1-7(2)6-12(9,10)8-4-5-11-3/h7-8H,4-6H2,1-3H3. The summed E-state index contributed by atoms with van der Waals surface area (Å²) in [5.74, 6) is 0.335. The molecule has 0 radical (unpaired) electrons. The number of hydrogen-bond acceptors (Lipinski definition) is 3. The highest BCUT2D eigenvalue weighted by Gasteiger charge is 2.10. The van der Waals surface area contributed by atoms with Crippen LogP contribution in [0.25, 0.3) is 0 Å². The fourth-order valence-electron chi connectivity index (χ4n) is 0.797. The summed E-state index contributed by atoms with van der Waals surface area (Å²) in [6.07, 6.45) is 0. The molecule has 0 heterocycles. The molecule has 5 heteroatoms. The maximum Gasteiger partial charge on any atom is 0.211 e. The van der Waals surface area contributed by atoms with E-state index >= 15 is 0 Å². The Hall–Kier alpha value is -0.130. The Morgan fingerprint density at radius 3 is 2.42 bits per heavy atom. The topological polar surface area (TPSA) is 55.4 Å². The van der Waals surface area contributed by atoms with Crippen molar-refractivity contribution in [1.82, 2.24) is 4.72 Å². The van der Waals surface area contributed by atoms with Crippen LogP contribution in [-0.4, -0.2) is 34.4 Å². The summed E-state index contributed by atoms with van der Waals surface area (Å²) in [6, 6.07) is 0. The summed E-state index contributed by atoms with van der Waals surface area (Å²) in [7, 11) is -1.54. The van der Waals surface area contributed by atoms with Gasteiger partial charge in [0.25, 0.3) is 0 Å². The van der Waals surface area contributed by atoms with Crippen molar-refractivity contribution in [1.29, 1.82) is 0 Å². The van der Waals surface area contributed by atoms with Crippen molar-refractivity contribution >= 4 is 10.0 Å². The van der Waals surface area contributed by atoms with Gasteiger partial charge in [0.1, 0.15) is 0 Å². The molecular weight excluding hydrogens is 178 g/mol. The van der Waals surface area contributed by atoms with E-state index in [9.17, 15) is 8.42 Å². The van der Waals surface area contributed by atoms with E-state index in [-0.39, 0.29) is 11.7 Å². The van der Waals surface area contributed by atoms with Gasteiger partial charge in [-0.3, -0.25) is 0 Å². The van der Waals surface area contributed by atoms with Crippen molar-refractivity contribution in [3.63, 3.8) is 0 Å². The molecule has 4 nitrogen and oxygen atoms in total. The first-order valence-corrected chi connectivity index (χ1v) is 5.59. The van der Waals surface area contributed by atoms with E-state index in [1.54, 1.807) is 0 Å². The van der Waals surface area contributed by atoms with Crippen molar-refractivity contribution in [2.24, 2.45) is 5.92 Å². The van der Waals surface area contributed by atoms with Gasteiger partial charge in [0, 0.05) is 13.7 Å². The van der Waals surface area contributed by atoms with Crippen LogP contribution in [0.4, 0.5) is 0 Å². The number of ether oxygens (including phenoxy) is 1. The summed E-state index contributed by atoms with van der Waals surface area (Å²) in [5.41, 5.74) is 0. The minimum absolute atomic E-state index is 0.157. The molecule has 0 atom stereocenters. The SMILES string of the molecule is COCCNS(=O)(=O)CC(C)C. The van der Waals surface area contributed by atoms with E-state index in [0.717, 1.165) is 0 Å². The summed E-state index contributed by atoms with van der Waals surface area (Å²) < 4.78 is 29.5. The van der Waals surface area contributed by atoms with Crippen LogP contribution in [-0.2, 0) is 14.8 Å². The van der Waals surface area contributed by atoms with Gasteiger partial charge >= 0.3 is 0 Å². The van der Waals surface area contributed by atoms with Gasteiger partial charge in [-0.2, -0.15) is 0 Å². The molecule has 0 aliphatic heterocycles. The quantitative estimate of drug-likeness (QED) is 0.616. The lowest BCUT2D eigenvalue weighted by Crippen LogP contribution is -2.31. The van der Waals surface area contributed by atoms with Gasteiger partial charge < -0.3 is 4.74 Å².